The van der Waals surface area contributed by atoms with Crippen molar-refractivity contribution >= 4 is 29.2 Å². The summed E-state index contributed by atoms with van der Waals surface area (Å²) in [6, 6.07) is 1.15. The molecule has 7 heteroatoms. The number of ether oxygens (including phenoxy) is 2. The molecule has 1 aromatic rings. The molecule has 0 fully saturated rings. The summed E-state index contributed by atoms with van der Waals surface area (Å²) in [5, 5.41) is 8.68. The van der Waals surface area contributed by atoms with Crippen LogP contribution in [0.5, 0.6) is 5.75 Å². The van der Waals surface area contributed by atoms with Crippen molar-refractivity contribution in [3.8, 4) is 5.75 Å². The highest BCUT2D eigenvalue weighted by atomic mass is 35.5. The van der Waals surface area contributed by atoms with Gasteiger partial charge in [-0.15, -0.1) is 0 Å². The average Bonchev–Trinajstić information content (AvgIpc) is 2.33. The van der Waals surface area contributed by atoms with Crippen LogP contribution in [0.4, 0.5) is 4.39 Å². The van der Waals surface area contributed by atoms with E-state index < -0.39 is 25.0 Å². The summed E-state index contributed by atoms with van der Waals surface area (Å²) in [5.41, 5.74) is 0.0688. The van der Waals surface area contributed by atoms with Crippen LogP contribution in [0, 0.1) is 5.82 Å². The van der Waals surface area contributed by atoms with Crippen LogP contribution in [-0.2, 0) is 16.1 Å². The topological polar surface area (TPSA) is 55.8 Å². The molecule has 4 nitrogen and oxygen atoms in total. The molecule has 0 spiro atoms. The van der Waals surface area contributed by atoms with E-state index in [0.717, 1.165) is 6.07 Å². The predicted molar refractivity (Wildman–Crippen MR) is 64.5 cm³/mol. The smallest absolute Gasteiger partial charge is 0.344 e. The zero-order valence-electron chi connectivity index (χ0n) is 9.50. The van der Waals surface area contributed by atoms with Crippen molar-refractivity contribution in [3.05, 3.63) is 27.5 Å². The Morgan fingerprint density at radius 2 is 2.17 bits per heavy atom. The molecule has 0 saturated heterocycles. The van der Waals surface area contributed by atoms with Gasteiger partial charge in [0.1, 0.15) is 0 Å². The summed E-state index contributed by atoms with van der Waals surface area (Å²) in [5.74, 6) is -1.78. The normalized spacial score (nSPS) is 10.3. The number of carbonyl (C=O) groups is 1. The molecular weight excluding hydrogens is 286 g/mol. The van der Waals surface area contributed by atoms with Crippen LogP contribution in [0.1, 0.15) is 12.5 Å². The Kier molecular flexibility index (Phi) is 5.65. The average molecular weight is 297 g/mol. The molecule has 0 unspecified atom stereocenters. The van der Waals surface area contributed by atoms with Gasteiger partial charge in [0.2, 0.25) is 0 Å². The maximum Gasteiger partial charge on any atom is 0.344 e. The molecule has 1 N–H and O–H groups in total. The summed E-state index contributed by atoms with van der Waals surface area (Å²) >= 11 is 11.4. The van der Waals surface area contributed by atoms with Crippen molar-refractivity contribution in [2.45, 2.75) is 13.5 Å². The Bertz CT molecular complexity index is 451. The first kappa shape index (κ1) is 15.0. The monoisotopic (exact) mass is 296 g/mol. The van der Waals surface area contributed by atoms with Crippen molar-refractivity contribution in [2.75, 3.05) is 13.2 Å². The zero-order valence-corrected chi connectivity index (χ0v) is 11.0. The van der Waals surface area contributed by atoms with E-state index in [9.17, 15) is 9.18 Å². The van der Waals surface area contributed by atoms with Crippen molar-refractivity contribution in [3.63, 3.8) is 0 Å². The van der Waals surface area contributed by atoms with E-state index >= 15 is 0 Å². The van der Waals surface area contributed by atoms with Crippen LogP contribution < -0.4 is 4.74 Å². The Hall–Kier alpha value is -1.04. The predicted octanol–water partition coefficient (Wildman–Crippen LogP) is 2.57. The highest BCUT2D eigenvalue weighted by Crippen LogP contribution is 2.34. The zero-order chi connectivity index (χ0) is 13.7. The molecule has 0 aromatic heterocycles. The van der Waals surface area contributed by atoms with Crippen LogP contribution in [0.15, 0.2) is 6.07 Å². The summed E-state index contributed by atoms with van der Waals surface area (Å²) in [7, 11) is 0. The molecule has 1 aromatic carbocycles. The summed E-state index contributed by atoms with van der Waals surface area (Å²) in [4.78, 5) is 11.0. The number of hydrogen-bond donors (Lipinski definition) is 1. The summed E-state index contributed by atoms with van der Waals surface area (Å²) in [6.45, 7) is 0.903. The van der Waals surface area contributed by atoms with E-state index in [1.54, 1.807) is 6.92 Å². The lowest BCUT2D eigenvalue weighted by atomic mass is 10.2. The van der Waals surface area contributed by atoms with E-state index in [2.05, 4.69) is 4.74 Å². The van der Waals surface area contributed by atoms with Crippen LogP contribution in [0.3, 0.4) is 0 Å². The maximum absolute atomic E-state index is 13.7. The van der Waals surface area contributed by atoms with Gasteiger partial charge in [-0.3, -0.25) is 0 Å². The molecule has 0 heterocycles. The Morgan fingerprint density at radius 3 is 2.72 bits per heavy atom. The van der Waals surface area contributed by atoms with Crippen molar-refractivity contribution in [1.29, 1.82) is 0 Å². The fourth-order valence-corrected chi connectivity index (χ4v) is 1.76. The van der Waals surface area contributed by atoms with E-state index in [1.165, 1.54) is 0 Å². The lowest BCUT2D eigenvalue weighted by Crippen LogP contribution is -2.15. The number of aliphatic hydroxyl groups is 1. The number of esters is 1. The number of carbonyl (C=O) groups excluding carboxylic acids is 1. The van der Waals surface area contributed by atoms with Crippen LogP contribution in [0.25, 0.3) is 0 Å². The van der Waals surface area contributed by atoms with Gasteiger partial charge in [0.05, 0.1) is 23.3 Å². The molecule has 0 aliphatic rings. The van der Waals surface area contributed by atoms with Crippen molar-refractivity contribution in [2.24, 2.45) is 0 Å². The fourth-order valence-electron chi connectivity index (χ4n) is 1.20. The van der Waals surface area contributed by atoms with E-state index in [0.29, 0.717) is 0 Å². The van der Waals surface area contributed by atoms with Crippen LogP contribution in [0.2, 0.25) is 10.0 Å². The number of halogens is 3. The van der Waals surface area contributed by atoms with Gasteiger partial charge in [-0.2, -0.15) is 0 Å². The van der Waals surface area contributed by atoms with Gasteiger partial charge in [0, 0.05) is 11.6 Å². The lowest BCUT2D eigenvalue weighted by Gasteiger charge is -2.11. The van der Waals surface area contributed by atoms with E-state index in [4.69, 9.17) is 33.0 Å². The first-order valence-electron chi connectivity index (χ1n) is 5.06. The summed E-state index contributed by atoms with van der Waals surface area (Å²) in [6.07, 6.45) is 0. The van der Waals surface area contributed by atoms with Crippen LogP contribution >= 0.6 is 23.2 Å². The molecular formula is C11H11Cl2FO4. The van der Waals surface area contributed by atoms with Gasteiger partial charge in [-0.25, -0.2) is 9.18 Å². The second-order valence-electron chi connectivity index (χ2n) is 3.21. The third-order valence-corrected chi connectivity index (χ3v) is 2.76. The number of aliphatic hydroxyl groups excluding tert-OH is 1. The highest BCUT2D eigenvalue weighted by molar-refractivity contribution is 6.36. The molecule has 0 bridgehead atoms. The standard InChI is InChI=1S/C11H11Cl2FO4/c1-2-17-9(16)5-18-8-3-7(12)6(4-15)10(13)11(8)14/h3,15H,2,4-5H2,1H3. The number of hydrogen-bond acceptors (Lipinski definition) is 4. The highest BCUT2D eigenvalue weighted by Gasteiger charge is 2.17. The van der Waals surface area contributed by atoms with Gasteiger partial charge in [0.25, 0.3) is 0 Å². The number of benzene rings is 1. The third kappa shape index (κ3) is 3.48. The number of rotatable bonds is 5. The minimum absolute atomic E-state index is 0.0581. The van der Waals surface area contributed by atoms with Gasteiger partial charge in [-0.05, 0) is 6.92 Å². The van der Waals surface area contributed by atoms with Crippen molar-refractivity contribution < 1.29 is 23.8 Å². The van der Waals surface area contributed by atoms with Gasteiger partial charge in [0.15, 0.2) is 18.2 Å². The second-order valence-corrected chi connectivity index (χ2v) is 4.00. The molecule has 18 heavy (non-hydrogen) atoms. The Labute approximate surface area is 113 Å². The Morgan fingerprint density at radius 1 is 1.50 bits per heavy atom. The Balaban J connectivity index is 2.88. The fraction of sp³-hybridized carbons (Fsp3) is 0.364. The van der Waals surface area contributed by atoms with Gasteiger partial charge >= 0.3 is 5.97 Å². The van der Waals surface area contributed by atoms with E-state index in [-0.39, 0.29) is 28.0 Å². The SMILES string of the molecule is CCOC(=O)COc1cc(Cl)c(CO)c(Cl)c1F. The van der Waals surface area contributed by atoms with E-state index in [1.807, 2.05) is 0 Å². The molecule has 1 rings (SSSR count). The quantitative estimate of drug-likeness (QED) is 0.670. The third-order valence-electron chi connectivity index (χ3n) is 2.03. The first-order chi connectivity index (χ1) is 8.51. The molecule has 0 atom stereocenters. The molecule has 100 valence electrons. The molecule has 0 saturated carbocycles. The minimum Gasteiger partial charge on any atom is -0.479 e. The van der Waals surface area contributed by atoms with Gasteiger partial charge in [-0.1, -0.05) is 23.2 Å². The summed E-state index contributed by atoms with van der Waals surface area (Å²) < 4.78 is 23.2. The molecule has 0 aliphatic carbocycles. The lowest BCUT2D eigenvalue weighted by molar-refractivity contribution is -0.145. The minimum atomic E-state index is -0.880. The largest absolute Gasteiger partial charge is 0.479 e. The van der Waals surface area contributed by atoms with Crippen LogP contribution in [-0.4, -0.2) is 24.3 Å². The first-order valence-corrected chi connectivity index (χ1v) is 5.82. The van der Waals surface area contributed by atoms with Gasteiger partial charge < -0.3 is 14.6 Å². The molecule has 0 amide bonds. The molecule has 0 aliphatic heterocycles. The molecule has 0 radical (unpaired) electrons. The second kappa shape index (κ2) is 6.78. The van der Waals surface area contributed by atoms with Crippen molar-refractivity contribution in [1.82, 2.24) is 0 Å². The maximum atomic E-state index is 13.7.